The zero-order chi connectivity index (χ0) is 39.0. The van der Waals surface area contributed by atoms with Crippen molar-refractivity contribution in [3.8, 4) is 0 Å². The fraction of sp³-hybridized carbons (Fsp3) is 0.649. The smallest absolute Gasteiger partial charge is 0.341 e. The van der Waals surface area contributed by atoms with Gasteiger partial charge in [0.25, 0.3) is 0 Å². The Morgan fingerprint density at radius 3 is 2.46 bits per heavy atom. The van der Waals surface area contributed by atoms with Crippen LogP contribution in [-0.2, 0) is 29.9 Å². The highest BCUT2D eigenvalue weighted by atomic mass is 31.2. The van der Waals surface area contributed by atoms with Gasteiger partial charge in [-0.3, -0.25) is 18.9 Å². The quantitative estimate of drug-likeness (QED) is 0.0271. The van der Waals surface area contributed by atoms with Crippen LogP contribution in [0.2, 0.25) is 0 Å². The number of imidazole rings is 1. The van der Waals surface area contributed by atoms with Gasteiger partial charge in [-0.2, -0.15) is 9.97 Å². The number of carbonyl (C=O) groups is 1. The number of nitrogens with one attached hydrogen (secondary N) is 2. The summed E-state index contributed by atoms with van der Waals surface area (Å²) in [5.74, 6) is -0.640. The number of hydrogen-bond donors (Lipinski definition) is 6. The van der Waals surface area contributed by atoms with Crippen molar-refractivity contribution < 1.29 is 33.6 Å². The largest absolute Gasteiger partial charge is 0.465 e. The molecule has 16 nitrogen and oxygen atoms in total. The second-order valence-electron chi connectivity index (χ2n) is 14.1. The van der Waals surface area contributed by atoms with Gasteiger partial charge in [0.05, 0.1) is 19.5 Å². The molecule has 0 radical (unpaired) electrons. The number of carbonyl (C=O) groups excluding carboxylic acids is 1. The molecule has 300 valence electrons. The van der Waals surface area contributed by atoms with E-state index in [0.717, 1.165) is 44.1 Å². The summed E-state index contributed by atoms with van der Waals surface area (Å²) in [6, 6.07) is 2.53. The van der Waals surface area contributed by atoms with Gasteiger partial charge in [-0.1, -0.05) is 76.5 Å². The average Bonchev–Trinajstić information content (AvgIpc) is 3.66. The van der Waals surface area contributed by atoms with Crippen LogP contribution in [-0.4, -0.2) is 77.7 Å². The van der Waals surface area contributed by atoms with E-state index in [9.17, 15) is 19.6 Å². The number of nitrogen functional groups attached to an aromatic ring is 2. The van der Waals surface area contributed by atoms with Gasteiger partial charge in [-0.25, -0.2) is 15.2 Å². The van der Waals surface area contributed by atoms with Gasteiger partial charge in [0.15, 0.2) is 17.7 Å². The molecule has 54 heavy (non-hydrogen) atoms. The highest BCUT2D eigenvalue weighted by molar-refractivity contribution is 7.54. The number of esters is 1. The van der Waals surface area contributed by atoms with Crippen LogP contribution in [0.4, 0.5) is 11.8 Å². The molecule has 3 aromatic heterocycles. The van der Waals surface area contributed by atoms with Gasteiger partial charge >= 0.3 is 13.6 Å². The van der Waals surface area contributed by atoms with E-state index in [0.29, 0.717) is 0 Å². The highest BCUT2D eigenvalue weighted by Gasteiger charge is 2.54. The second kappa shape index (κ2) is 21.6. The molecule has 17 heteroatoms. The fourth-order valence-corrected chi connectivity index (χ4v) is 7.91. The Hall–Kier alpha value is -3.50. The zero-order valence-corrected chi connectivity index (χ0v) is 32.8. The van der Waals surface area contributed by atoms with Crippen molar-refractivity contribution in [2.45, 2.75) is 141 Å². The van der Waals surface area contributed by atoms with Crippen molar-refractivity contribution in [1.82, 2.24) is 34.7 Å². The van der Waals surface area contributed by atoms with Crippen LogP contribution in [0.5, 0.6) is 0 Å². The lowest BCUT2D eigenvalue weighted by Gasteiger charge is -2.27. The lowest BCUT2D eigenvalue weighted by molar-refractivity contribution is -0.145. The van der Waals surface area contributed by atoms with E-state index in [2.05, 4.69) is 49.2 Å². The van der Waals surface area contributed by atoms with Crippen LogP contribution in [0.15, 0.2) is 43.0 Å². The number of aliphatic hydroxyl groups excluding tert-OH is 1. The molecule has 0 aromatic carbocycles. The predicted molar refractivity (Wildman–Crippen MR) is 208 cm³/mol. The normalized spacial score (nSPS) is 21.8. The molecule has 1 fully saturated rings. The lowest BCUT2D eigenvalue weighted by Crippen LogP contribution is -2.44. The Morgan fingerprint density at radius 1 is 1.09 bits per heavy atom. The number of allylic oxidation sites excluding steroid dienone is 2. The first-order valence-corrected chi connectivity index (χ1v) is 20.9. The van der Waals surface area contributed by atoms with Crippen LogP contribution < -0.4 is 21.6 Å². The summed E-state index contributed by atoms with van der Waals surface area (Å²) in [6.45, 7) is 5.07. The molecular formula is C37H60N9O7P. The Kier molecular flexibility index (Phi) is 17.3. The fourth-order valence-electron chi connectivity index (χ4n) is 6.29. The second-order valence-corrected chi connectivity index (χ2v) is 16.1. The number of nitrogens with two attached hydrogens (primary N) is 2. The molecule has 6 atom stereocenters. The minimum Gasteiger partial charge on any atom is -0.465 e. The van der Waals surface area contributed by atoms with Gasteiger partial charge in [0.2, 0.25) is 5.95 Å². The minimum absolute atomic E-state index is 0.0429. The summed E-state index contributed by atoms with van der Waals surface area (Å²) >= 11 is 0. The number of nitrogens with zero attached hydrogens (tertiary/aromatic N) is 5. The number of unbranched alkanes of at least 4 members (excludes halogenated alkanes) is 11. The van der Waals surface area contributed by atoms with E-state index in [1.54, 1.807) is 24.5 Å². The van der Waals surface area contributed by atoms with Crippen molar-refractivity contribution in [1.29, 1.82) is 0 Å². The van der Waals surface area contributed by atoms with Gasteiger partial charge in [-0.15, -0.1) is 0 Å². The third-order valence-electron chi connectivity index (χ3n) is 9.48. The van der Waals surface area contributed by atoms with Crippen LogP contribution >= 0.6 is 7.67 Å². The van der Waals surface area contributed by atoms with Crippen molar-refractivity contribution >= 4 is 36.6 Å². The van der Waals surface area contributed by atoms with Crippen molar-refractivity contribution in [3.63, 3.8) is 0 Å². The predicted octanol–water partition coefficient (Wildman–Crippen LogP) is 5.48. The summed E-state index contributed by atoms with van der Waals surface area (Å²) in [4.78, 5) is 29.3. The number of ether oxygens (including phenoxy) is 2. The average molecular weight is 774 g/mol. The molecule has 4 heterocycles. The molecule has 0 spiro atoms. The SMILES string of the molecule is CCCCCCCC/C=C\CCCCCCCOC(=O)[C@H](C)NP(=O)(NCc1cccnc1)OC[C@H]1O[C@@H](n2cnc3c(N)nc(N)nc32)[C@@](C)(O)[C@H]1O. The molecule has 0 bridgehead atoms. The monoisotopic (exact) mass is 773 g/mol. The summed E-state index contributed by atoms with van der Waals surface area (Å²) in [6.07, 6.45) is 20.5. The number of anilines is 2. The van der Waals surface area contributed by atoms with E-state index < -0.39 is 50.3 Å². The first kappa shape index (κ1) is 43.2. The molecule has 0 amide bonds. The van der Waals surface area contributed by atoms with Gasteiger partial charge in [0, 0.05) is 18.9 Å². The third-order valence-corrected chi connectivity index (χ3v) is 11.3. The van der Waals surface area contributed by atoms with E-state index in [4.69, 9.17) is 25.5 Å². The maximum absolute atomic E-state index is 14.2. The molecule has 8 N–H and O–H groups in total. The molecule has 1 aliphatic rings. The Labute approximate surface area is 318 Å². The van der Waals surface area contributed by atoms with Crippen LogP contribution in [0.1, 0.15) is 116 Å². The standard InChI is InChI=1S/C37H60N9O7P/c1-4-5-6-7-8-9-10-11-12-13-14-15-16-17-18-22-51-34(48)27(2)45-54(50,42-24-28-20-19-21-40-23-28)52-25-29-31(47)37(3,49)35(53-29)46-26-41-30-32(38)43-36(39)44-33(30)46/h11-12,19-21,23,26-27,29,31,35,47,49H,4-10,13-18,22,24-25H2,1-3H3,(H2,42,45,50)(H4,38,39,43,44)/b12-11-/t27-,29+,31-,35+,37-,54?/m0/s1. The van der Waals surface area contributed by atoms with E-state index >= 15 is 0 Å². The van der Waals surface area contributed by atoms with Gasteiger partial charge in [-0.05, 0) is 57.6 Å². The topological polar surface area (TPSA) is 235 Å². The van der Waals surface area contributed by atoms with E-state index in [-0.39, 0.29) is 36.1 Å². The van der Waals surface area contributed by atoms with E-state index in [1.165, 1.54) is 69.7 Å². The molecule has 4 rings (SSSR count). The highest BCUT2D eigenvalue weighted by Crippen LogP contribution is 2.44. The molecular weight excluding hydrogens is 713 g/mol. The summed E-state index contributed by atoms with van der Waals surface area (Å²) in [5, 5.41) is 28.1. The van der Waals surface area contributed by atoms with Crippen LogP contribution in [0.3, 0.4) is 0 Å². The van der Waals surface area contributed by atoms with Gasteiger partial charge in [0.1, 0.15) is 29.4 Å². The number of pyridine rings is 1. The van der Waals surface area contributed by atoms with Crippen molar-refractivity contribution in [3.05, 3.63) is 48.6 Å². The summed E-state index contributed by atoms with van der Waals surface area (Å²) in [7, 11) is -4.00. The van der Waals surface area contributed by atoms with Crippen LogP contribution in [0, 0.1) is 0 Å². The number of aromatic nitrogens is 5. The van der Waals surface area contributed by atoms with Crippen molar-refractivity contribution in [2.75, 3.05) is 24.7 Å². The lowest BCUT2D eigenvalue weighted by atomic mass is 9.96. The van der Waals surface area contributed by atoms with Crippen molar-refractivity contribution in [2.24, 2.45) is 0 Å². The zero-order valence-electron chi connectivity index (χ0n) is 31.9. The third kappa shape index (κ3) is 12.8. The molecule has 3 aromatic rings. The summed E-state index contributed by atoms with van der Waals surface area (Å²) in [5.41, 5.74) is 11.0. The Morgan fingerprint density at radius 2 is 1.78 bits per heavy atom. The molecule has 1 unspecified atom stereocenters. The molecule has 1 aliphatic heterocycles. The molecule has 0 aliphatic carbocycles. The number of hydrogen-bond acceptors (Lipinski definition) is 13. The Bertz CT molecular complexity index is 1660. The number of fused-ring (bicyclic) bond motifs is 1. The van der Waals surface area contributed by atoms with Gasteiger partial charge < -0.3 is 35.7 Å². The molecule has 0 saturated carbocycles. The molecule has 1 saturated heterocycles. The number of rotatable bonds is 25. The maximum Gasteiger partial charge on any atom is 0.341 e. The Balaban J connectivity index is 1.24. The summed E-state index contributed by atoms with van der Waals surface area (Å²) < 4.78 is 33.0. The van der Waals surface area contributed by atoms with Crippen LogP contribution in [0.25, 0.3) is 11.2 Å². The number of aliphatic hydroxyl groups is 2. The minimum atomic E-state index is -4.00. The van der Waals surface area contributed by atoms with E-state index in [1.807, 2.05) is 0 Å². The first-order valence-electron chi connectivity index (χ1n) is 19.2. The first-order chi connectivity index (χ1) is 25.9. The maximum atomic E-state index is 14.2.